The van der Waals surface area contributed by atoms with Gasteiger partial charge in [-0.05, 0) is 35.4 Å². The number of rotatable bonds is 8. The van der Waals surface area contributed by atoms with Gasteiger partial charge in [-0.1, -0.05) is 18.2 Å². The fraction of sp³-hybridized carbons (Fsp3) is 0.310. The van der Waals surface area contributed by atoms with E-state index in [1.807, 2.05) is 30.3 Å². The van der Waals surface area contributed by atoms with Crippen molar-refractivity contribution in [1.82, 2.24) is 10.6 Å². The molecule has 3 aliphatic heterocycles. The Morgan fingerprint density at radius 1 is 0.900 bits per heavy atom. The lowest BCUT2D eigenvalue weighted by Gasteiger charge is -2.23. The van der Waals surface area contributed by atoms with E-state index in [0.717, 1.165) is 22.4 Å². The van der Waals surface area contributed by atoms with E-state index in [1.54, 1.807) is 23.1 Å². The van der Waals surface area contributed by atoms with Gasteiger partial charge in [0.05, 0.1) is 21.3 Å². The minimum atomic E-state index is -0.984. The Kier molecular flexibility index (Phi) is 6.41. The SMILES string of the molecule is COc1cc(CNC(=O)NCCN2C(=O)C3(COc4cc5c(cc43)OCO5)c3ccccc32)cc(OC)c1OC. The molecule has 0 bridgehead atoms. The Morgan fingerprint density at radius 2 is 1.62 bits per heavy atom. The van der Waals surface area contributed by atoms with Gasteiger partial charge >= 0.3 is 6.03 Å². The molecule has 6 rings (SSSR count). The second kappa shape index (κ2) is 10.1. The summed E-state index contributed by atoms with van der Waals surface area (Å²) in [6.07, 6.45) is 0. The van der Waals surface area contributed by atoms with E-state index in [4.69, 9.17) is 28.4 Å². The highest BCUT2D eigenvalue weighted by atomic mass is 16.7. The van der Waals surface area contributed by atoms with Crippen LogP contribution in [0, 0.1) is 0 Å². The maximum atomic E-state index is 14.0. The highest BCUT2D eigenvalue weighted by Gasteiger charge is 2.57. The van der Waals surface area contributed by atoms with Gasteiger partial charge in [0.25, 0.3) is 0 Å². The van der Waals surface area contributed by atoms with E-state index < -0.39 is 5.41 Å². The molecule has 3 aliphatic rings. The number of urea groups is 1. The molecule has 0 saturated heterocycles. The van der Waals surface area contributed by atoms with Crippen LogP contribution < -0.4 is 44.0 Å². The maximum absolute atomic E-state index is 14.0. The topological polar surface area (TPSA) is 117 Å². The predicted octanol–water partition coefficient (Wildman–Crippen LogP) is 2.97. The second-order valence-electron chi connectivity index (χ2n) is 9.51. The lowest BCUT2D eigenvalue weighted by Crippen LogP contribution is -2.46. The number of amides is 3. The van der Waals surface area contributed by atoms with E-state index in [2.05, 4.69) is 10.6 Å². The number of nitrogens with zero attached hydrogens (tertiary/aromatic N) is 1. The number of benzene rings is 3. The predicted molar refractivity (Wildman–Crippen MR) is 144 cm³/mol. The largest absolute Gasteiger partial charge is 0.493 e. The van der Waals surface area contributed by atoms with E-state index in [1.165, 1.54) is 21.3 Å². The Labute approximate surface area is 230 Å². The van der Waals surface area contributed by atoms with Crippen molar-refractivity contribution in [2.24, 2.45) is 0 Å². The smallest absolute Gasteiger partial charge is 0.315 e. The van der Waals surface area contributed by atoms with Crippen molar-refractivity contribution in [3.63, 3.8) is 0 Å². The molecule has 3 heterocycles. The van der Waals surface area contributed by atoms with Crippen LogP contribution in [0.15, 0.2) is 48.5 Å². The van der Waals surface area contributed by atoms with Gasteiger partial charge in [0.1, 0.15) is 17.8 Å². The zero-order valence-corrected chi connectivity index (χ0v) is 22.4. The summed E-state index contributed by atoms with van der Waals surface area (Å²) in [5, 5.41) is 5.67. The summed E-state index contributed by atoms with van der Waals surface area (Å²) in [6, 6.07) is 14.5. The van der Waals surface area contributed by atoms with E-state index in [9.17, 15) is 9.59 Å². The van der Waals surface area contributed by atoms with Crippen molar-refractivity contribution >= 4 is 17.6 Å². The van der Waals surface area contributed by atoms with Gasteiger partial charge in [0.2, 0.25) is 18.4 Å². The number of carbonyl (C=O) groups is 2. The molecule has 1 atom stereocenters. The van der Waals surface area contributed by atoms with Gasteiger partial charge in [-0.2, -0.15) is 0 Å². The molecule has 0 saturated carbocycles. The van der Waals surface area contributed by atoms with Gasteiger partial charge in [0.15, 0.2) is 23.0 Å². The Morgan fingerprint density at radius 3 is 2.35 bits per heavy atom. The van der Waals surface area contributed by atoms with Crippen molar-refractivity contribution in [2.75, 3.05) is 52.7 Å². The minimum absolute atomic E-state index is 0.106. The number of ether oxygens (including phenoxy) is 6. The van der Waals surface area contributed by atoms with Crippen LogP contribution in [0.5, 0.6) is 34.5 Å². The van der Waals surface area contributed by atoms with Crippen LogP contribution in [0.1, 0.15) is 16.7 Å². The summed E-state index contributed by atoms with van der Waals surface area (Å²) in [7, 11) is 4.60. The molecule has 208 valence electrons. The molecule has 40 heavy (non-hydrogen) atoms. The van der Waals surface area contributed by atoms with Crippen LogP contribution in [0.3, 0.4) is 0 Å². The summed E-state index contributed by atoms with van der Waals surface area (Å²) in [4.78, 5) is 28.3. The summed E-state index contributed by atoms with van der Waals surface area (Å²) in [5.74, 6) is 3.18. The molecule has 1 unspecified atom stereocenters. The molecule has 0 aromatic heterocycles. The number of carbonyl (C=O) groups excluding carboxylic acids is 2. The van der Waals surface area contributed by atoms with Crippen LogP contribution in [0.2, 0.25) is 0 Å². The molecular formula is C29H29N3O8. The Bertz CT molecular complexity index is 1470. The molecule has 3 aromatic carbocycles. The molecule has 11 heteroatoms. The van der Waals surface area contributed by atoms with Crippen LogP contribution >= 0.6 is 0 Å². The molecule has 0 radical (unpaired) electrons. The third-order valence-corrected chi connectivity index (χ3v) is 7.44. The molecular weight excluding hydrogens is 518 g/mol. The molecule has 3 amide bonds. The average Bonchev–Trinajstić information content (AvgIpc) is 3.66. The van der Waals surface area contributed by atoms with Crippen molar-refractivity contribution in [3.8, 4) is 34.5 Å². The Balaban J connectivity index is 1.14. The van der Waals surface area contributed by atoms with Crippen LogP contribution in [-0.4, -0.2) is 59.8 Å². The number of methoxy groups -OCH3 is 3. The average molecular weight is 548 g/mol. The van der Waals surface area contributed by atoms with E-state index >= 15 is 0 Å². The number of hydrogen-bond acceptors (Lipinski definition) is 8. The summed E-state index contributed by atoms with van der Waals surface area (Å²) in [6.45, 7) is 1.08. The van der Waals surface area contributed by atoms with Gasteiger partial charge in [0, 0.05) is 37.0 Å². The second-order valence-corrected chi connectivity index (χ2v) is 9.51. The van der Waals surface area contributed by atoms with Crippen molar-refractivity contribution in [2.45, 2.75) is 12.0 Å². The molecule has 1 spiro atoms. The first-order valence-corrected chi connectivity index (χ1v) is 12.8. The van der Waals surface area contributed by atoms with Crippen LogP contribution in [0.4, 0.5) is 10.5 Å². The number of hydrogen-bond donors (Lipinski definition) is 2. The normalized spacial score (nSPS) is 17.8. The van der Waals surface area contributed by atoms with Crippen LogP contribution in [-0.2, 0) is 16.8 Å². The standard InChI is InChI=1S/C29H29N3O8/c1-35-24-10-17(11-25(36-2)26(24)37-3)14-31-28(34)30-8-9-32-20-7-5-4-6-18(20)29(27(32)33)15-38-21-13-23-22(12-19(21)29)39-16-40-23/h4-7,10-13H,8-9,14-16H2,1-3H3,(H2,30,31,34). The molecule has 2 N–H and O–H groups in total. The third-order valence-electron chi connectivity index (χ3n) is 7.44. The summed E-state index contributed by atoms with van der Waals surface area (Å²) in [5.41, 5.74) is 2.20. The molecule has 0 aliphatic carbocycles. The van der Waals surface area contributed by atoms with Gasteiger partial charge in [-0.25, -0.2) is 4.79 Å². The van der Waals surface area contributed by atoms with Gasteiger partial charge in [-0.3, -0.25) is 4.79 Å². The number of anilines is 1. The lowest BCUT2D eigenvalue weighted by molar-refractivity contribution is -0.122. The van der Waals surface area contributed by atoms with Crippen LogP contribution in [0.25, 0.3) is 0 Å². The van der Waals surface area contributed by atoms with Gasteiger partial charge in [-0.15, -0.1) is 0 Å². The monoisotopic (exact) mass is 547 g/mol. The number of nitrogens with one attached hydrogen (secondary N) is 2. The fourth-order valence-electron chi connectivity index (χ4n) is 5.55. The third kappa shape index (κ3) is 3.96. The number of para-hydroxylation sites is 1. The summed E-state index contributed by atoms with van der Waals surface area (Å²) >= 11 is 0. The fourth-order valence-corrected chi connectivity index (χ4v) is 5.55. The quantitative estimate of drug-likeness (QED) is 0.442. The molecule has 11 nitrogen and oxygen atoms in total. The highest BCUT2D eigenvalue weighted by Crippen LogP contribution is 2.54. The zero-order valence-electron chi connectivity index (χ0n) is 22.4. The highest BCUT2D eigenvalue weighted by molar-refractivity contribution is 6.11. The maximum Gasteiger partial charge on any atom is 0.315 e. The lowest BCUT2D eigenvalue weighted by atomic mass is 9.77. The van der Waals surface area contributed by atoms with E-state index in [-0.39, 0.29) is 45.0 Å². The molecule has 3 aromatic rings. The van der Waals surface area contributed by atoms with Crippen molar-refractivity contribution in [3.05, 3.63) is 65.2 Å². The van der Waals surface area contributed by atoms with E-state index in [0.29, 0.717) is 34.5 Å². The number of fused-ring (bicyclic) bond motifs is 5. The van der Waals surface area contributed by atoms with Gasteiger partial charge < -0.3 is 44.0 Å². The first kappa shape index (κ1) is 25.5. The first-order valence-electron chi connectivity index (χ1n) is 12.8. The van der Waals surface area contributed by atoms with Crippen molar-refractivity contribution in [1.29, 1.82) is 0 Å². The summed E-state index contributed by atoms with van der Waals surface area (Å²) < 4.78 is 33.2. The van der Waals surface area contributed by atoms with Crippen molar-refractivity contribution < 1.29 is 38.0 Å². The molecule has 0 fully saturated rings. The first-order chi connectivity index (χ1) is 19.5. The zero-order chi connectivity index (χ0) is 27.9. The Hall–Kier alpha value is -4.80. The minimum Gasteiger partial charge on any atom is -0.493 e.